The molecule has 0 atom stereocenters. The number of carbonyl (C=O) groups is 1. The third-order valence-electron chi connectivity index (χ3n) is 3.26. The zero-order valence-corrected chi connectivity index (χ0v) is 11.4. The van der Waals surface area contributed by atoms with E-state index in [2.05, 4.69) is 5.32 Å². The molecule has 3 nitrogen and oxygen atoms in total. The number of phenols is 1. The molecule has 2 N–H and O–H groups in total. The summed E-state index contributed by atoms with van der Waals surface area (Å²) in [7, 11) is 0. The Morgan fingerprint density at radius 3 is 2.28 bits per heavy atom. The molecule has 98 valence electrons. The Bertz CT molecular complexity index is 433. The summed E-state index contributed by atoms with van der Waals surface area (Å²) in [6.45, 7) is 0. The Morgan fingerprint density at radius 2 is 1.72 bits per heavy atom. The van der Waals surface area contributed by atoms with Crippen LogP contribution in [0.15, 0.2) is 12.1 Å². The summed E-state index contributed by atoms with van der Waals surface area (Å²) in [6, 6.07) is 3.01. The van der Waals surface area contributed by atoms with Crippen molar-refractivity contribution in [3.63, 3.8) is 0 Å². The van der Waals surface area contributed by atoms with Crippen LogP contribution in [0, 0.1) is 5.92 Å². The van der Waals surface area contributed by atoms with Crippen molar-refractivity contribution in [1.29, 1.82) is 0 Å². The first-order valence-corrected chi connectivity index (χ1v) is 6.82. The van der Waals surface area contributed by atoms with E-state index in [1.165, 1.54) is 18.6 Å². The fourth-order valence-electron chi connectivity index (χ4n) is 2.25. The lowest BCUT2D eigenvalue weighted by Gasteiger charge is -2.20. The van der Waals surface area contributed by atoms with E-state index in [1.54, 1.807) is 0 Å². The van der Waals surface area contributed by atoms with E-state index >= 15 is 0 Å². The molecule has 0 heterocycles. The Kier molecular flexibility index (Phi) is 4.36. The van der Waals surface area contributed by atoms with Crippen LogP contribution in [0.25, 0.3) is 0 Å². The van der Waals surface area contributed by atoms with E-state index < -0.39 is 0 Å². The van der Waals surface area contributed by atoms with Gasteiger partial charge in [-0.15, -0.1) is 0 Å². The molecule has 5 heteroatoms. The first-order chi connectivity index (χ1) is 8.58. The van der Waals surface area contributed by atoms with Gasteiger partial charge in [-0.1, -0.05) is 42.5 Å². The Balaban J connectivity index is 2.06. The normalized spacial score (nSPS) is 16.6. The number of hydrogen-bond donors (Lipinski definition) is 2. The molecule has 0 unspecified atom stereocenters. The van der Waals surface area contributed by atoms with Gasteiger partial charge in [0.15, 0.2) is 5.75 Å². The first kappa shape index (κ1) is 13.5. The van der Waals surface area contributed by atoms with Gasteiger partial charge in [0.25, 0.3) is 0 Å². The highest BCUT2D eigenvalue weighted by atomic mass is 35.5. The van der Waals surface area contributed by atoms with Gasteiger partial charge in [0.1, 0.15) is 0 Å². The molecule has 18 heavy (non-hydrogen) atoms. The number of carbonyl (C=O) groups excluding carboxylic acids is 1. The molecular formula is C13H15Cl2NO2. The second-order valence-electron chi connectivity index (χ2n) is 4.61. The Labute approximate surface area is 116 Å². The summed E-state index contributed by atoms with van der Waals surface area (Å²) in [5.74, 6) is -0.0772. The fourth-order valence-corrected chi connectivity index (χ4v) is 2.73. The molecule has 1 aliphatic carbocycles. The Hall–Kier alpha value is -0.930. The molecule has 1 aromatic rings. The van der Waals surface area contributed by atoms with Gasteiger partial charge in [-0.25, -0.2) is 0 Å². The highest BCUT2D eigenvalue weighted by Crippen LogP contribution is 2.35. The second-order valence-corrected chi connectivity index (χ2v) is 5.43. The van der Waals surface area contributed by atoms with Crippen molar-refractivity contribution >= 4 is 34.8 Å². The van der Waals surface area contributed by atoms with Crippen molar-refractivity contribution in [2.24, 2.45) is 5.92 Å². The molecule has 0 spiro atoms. The predicted molar refractivity (Wildman–Crippen MR) is 73.3 cm³/mol. The van der Waals surface area contributed by atoms with Crippen molar-refractivity contribution in [1.82, 2.24) is 0 Å². The van der Waals surface area contributed by atoms with Crippen LogP contribution in [0.4, 0.5) is 5.69 Å². The van der Waals surface area contributed by atoms with Crippen LogP contribution < -0.4 is 5.32 Å². The van der Waals surface area contributed by atoms with Crippen LogP contribution >= 0.6 is 23.2 Å². The van der Waals surface area contributed by atoms with Crippen LogP contribution in [-0.2, 0) is 4.79 Å². The topological polar surface area (TPSA) is 49.3 Å². The molecule has 1 aromatic carbocycles. The van der Waals surface area contributed by atoms with E-state index in [-0.39, 0.29) is 27.6 Å². The SMILES string of the molecule is O=C(Nc1cc(Cl)c(O)c(Cl)c1)C1CCCCC1. The van der Waals surface area contributed by atoms with E-state index in [1.807, 2.05) is 0 Å². The summed E-state index contributed by atoms with van der Waals surface area (Å²) in [5, 5.41) is 12.5. The number of phenolic OH excluding ortho intramolecular Hbond substituents is 1. The van der Waals surface area contributed by atoms with Crippen molar-refractivity contribution < 1.29 is 9.90 Å². The van der Waals surface area contributed by atoms with Gasteiger partial charge in [-0.05, 0) is 25.0 Å². The number of rotatable bonds is 2. The predicted octanol–water partition coefficient (Wildman–Crippen LogP) is 4.22. The summed E-state index contributed by atoms with van der Waals surface area (Å²) < 4.78 is 0. The molecule has 1 amide bonds. The lowest BCUT2D eigenvalue weighted by molar-refractivity contribution is -0.120. The van der Waals surface area contributed by atoms with Crippen LogP contribution in [0.3, 0.4) is 0 Å². The van der Waals surface area contributed by atoms with Gasteiger partial charge in [-0.2, -0.15) is 0 Å². The smallest absolute Gasteiger partial charge is 0.227 e. The van der Waals surface area contributed by atoms with Crippen LogP contribution in [0.2, 0.25) is 10.0 Å². The lowest BCUT2D eigenvalue weighted by atomic mass is 9.88. The summed E-state index contributed by atoms with van der Waals surface area (Å²) >= 11 is 11.6. The molecular weight excluding hydrogens is 273 g/mol. The van der Waals surface area contributed by atoms with Crippen LogP contribution in [0.5, 0.6) is 5.75 Å². The number of amides is 1. The lowest BCUT2D eigenvalue weighted by Crippen LogP contribution is -2.24. The number of halogens is 2. The number of anilines is 1. The molecule has 0 aromatic heterocycles. The number of benzene rings is 1. The van der Waals surface area contributed by atoms with Crippen LogP contribution in [0.1, 0.15) is 32.1 Å². The minimum Gasteiger partial charge on any atom is -0.505 e. The number of nitrogens with one attached hydrogen (secondary N) is 1. The standard InChI is InChI=1S/C13H15Cl2NO2/c14-10-6-9(7-11(15)12(10)17)16-13(18)8-4-2-1-3-5-8/h6-8,17H,1-5H2,(H,16,18). The largest absolute Gasteiger partial charge is 0.505 e. The molecule has 0 bridgehead atoms. The zero-order valence-electron chi connectivity index (χ0n) is 9.88. The molecule has 0 aliphatic heterocycles. The minimum atomic E-state index is -0.158. The van der Waals surface area contributed by atoms with E-state index in [9.17, 15) is 9.90 Å². The van der Waals surface area contributed by atoms with E-state index in [0.717, 1.165) is 25.7 Å². The van der Waals surface area contributed by atoms with E-state index in [4.69, 9.17) is 23.2 Å². The Morgan fingerprint density at radius 1 is 1.17 bits per heavy atom. The van der Waals surface area contributed by atoms with Gasteiger partial charge < -0.3 is 10.4 Å². The first-order valence-electron chi connectivity index (χ1n) is 6.07. The summed E-state index contributed by atoms with van der Waals surface area (Å²) in [6.07, 6.45) is 5.29. The van der Waals surface area contributed by atoms with Gasteiger partial charge in [0, 0.05) is 11.6 Å². The van der Waals surface area contributed by atoms with Crippen molar-refractivity contribution in [2.75, 3.05) is 5.32 Å². The minimum absolute atomic E-state index is 0.00697. The summed E-state index contributed by atoms with van der Waals surface area (Å²) in [4.78, 5) is 12.0. The fraction of sp³-hybridized carbons (Fsp3) is 0.462. The summed E-state index contributed by atoms with van der Waals surface area (Å²) in [5.41, 5.74) is 0.526. The maximum atomic E-state index is 12.0. The molecule has 0 radical (unpaired) electrons. The highest BCUT2D eigenvalue weighted by molar-refractivity contribution is 6.37. The third kappa shape index (κ3) is 3.09. The molecule has 1 saturated carbocycles. The van der Waals surface area contributed by atoms with Crippen molar-refractivity contribution in [2.45, 2.75) is 32.1 Å². The molecule has 1 fully saturated rings. The second kappa shape index (κ2) is 5.81. The number of aromatic hydroxyl groups is 1. The zero-order chi connectivity index (χ0) is 13.1. The average Bonchev–Trinajstić information content (AvgIpc) is 2.37. The highest BCUT2D eigenvalue weighted by Gasteiger charge is 2.21. The van der Waals surface area contributed by atoms with E-state index in [0.29, 0.717) is 5.69 Å². The monoisotopic (exact) mass is 287 g/mol. The van der Waals surface area contributed by atoms with Gasteiger partial charge in [0.2, 0.25) is 5.91 Å². The average molecular weight is 288 g/mol. The maximum absolute atomic E-state index is 12.0. The molecule has 2 rings (SSSR count). The van der Waals surface area contributed by atoms with Crippen molar-refractivity contribution in [3.05, 3.63) is 22.2 Å². The molecule has 0 saturated heterocycles. The van der Waals surface area contributed by atoms with Crippen LogP contribution in [-0.4, -0.2) is 11.0 Å². The third-order valence-corrected chi connectivity index (χ3v) is 3.84. The van der Waals surface area contributed by atoms with Gasteiger partial charge in [-0.3, -0.25) is 4.79 Å². The van der Waals surface area contributed by atoms with Gasteiger partial charge in [0.05, 0.1) is 10.0 Å². The molecule has 1 aliphatic rings. The number of hydrogen-bond acceptors (Lipinski definition) is 2. The quantitative estimate of drug-likeness (QED) is 0.800. The maximum Gasteiger partial charge on any atom is 0.227 e. The van der Waals surface area contributed by atoms with Crippen molar-refractivity contribution in [3.8, 4) is 5.75 Å². The van der Waals surface area contributed by atoms with Gasteiger partial charge >= 0.3 is 0 Å².